The van der Waals surface area contributed by atoms with E-state index in [0.29, 0.717) is 6.54 Å². The molecule has 18 heavy (non-hydrogen) atoms. The Morgan fingerprint density at radius 1 is 1.56 bits per heavy atom. The van der Waals surface area contributed by atoms with Gasteiger partial charge >= 0.3 is 5.69 Å². The predicted octanol–water partition coefficient (Wildman–Crippen LogP) is -0.137. The van der Waals surface area contributed by atoms with Crippen LogP contribution in [-0.2, 0) is 11.3 Å². The third-order valence-corrected chi connectivity index (χ3v) is 2.40. The monoisotopic (exact) mass is 253 g/mol. The van der Waals surface area contributed by atoms with Crippen LogP contribution >= 0.6 is 0 Å². The lowest BCUT2D eigenvalue weighted by Gasteiger charge is -2.28. The summed E-state index contributed by atoms with van der Waals surface area (Å²) in [6, 6.07) is 1.60. The molecule has 0 aliphatic rings. The van der Waals surface area contributed by atoms with Gasteiger partial charge in [0, 0.05) is 25.5 Å². The number of carbonyl (C=O) groups excluding carboxylic acids is 1. The molecule has 6 heteroatoms. The molecule has 0 unspecified atom stereocenters. The zero-order chi connectivity index (χ0) is 13.8. The highest BCUT2D eigenvalue weighted by Gasteiger charge is 2.21. The Morgan fingerprint density at radius 2 is 2.22 bits per heavy atom. The highest BCUT2D eigenvalue weighted by molar-refractivity contribution is 5.76. The van der Waals surface area contributed by atoms with Crippen molar-refractivity contribution in [2.45, 2.75) is 32.9 Å². The summed E-state index contributed by atoms with van der Waals surface area (Å²) in [5.74, 6) is -0.213. The lowest BCUT2D eigenvalue weighted by molar-refractivity contribution is -0.134. The van der Waals surface area contributed by atoms with Crippen molar-refractivity contribution in [1.29, 1.82) is 0 Å². The topological polar surface area (TPSA) is 75.4 Å². The largest absolute Gasteiger partial charge is 0.389 e. The van der Waals surface area contributed by atoms with Crippen LogP contribution in [0.15, 0.2) is 23.3 Å². The Morgan fingerprint density at radius 3 is 2.72 bits per heavy atom. The smallest absolute Gasteiger partial charge is 0.347 e. The Hall–Kier alpha value is -1.69. The molecule has 0 aromatic carbocycles. The Bertz CT molecular complexity index is 462. The van der Waals surface area contributed by atoms with Gasteiger partial charge in [-0.15, -0.1) is 0 Å². The maximum absolute atomic E-state index is 12.0. The van der Waals surface area contributed by atoms with Gasteiger partial charge in [0.05, 0.1) is 5.60 Å². The summed E-state index contributed by atoms with van der Waals surface area (Å²) in [7, 11) is 0. The standard InChI is InChI=1S/C12H19N3O3/c1-4-14(9-12(2,3)18)10(16)8-15-7-5-6-13-11(15)17/h5-7,18H,4,8-9H2,1-3H3. The number of amides is 1. The zero-order valence-corrected chi connectivity index (χ0v) is 11.0. The third kappa shape index (κ3) is 4.29. The molecule has 0 aliphatic heterocycles. The van der Waals surface area contributed by atoms with Crippen LogP contribution in [0.4, 0.5) is 0 Å². The first-order valence-corrected chi connectivity index (χ1v) is 5.85. The minimum atomic E-state index is -0.953. The van der Waals surface area contributed by atoms with Gasteiger partial charge < -0.3 is 10.0 Å². The fourth-order valence-electron chi connectivity index (χ4n) is 1.60. The van der Waals surface area contributed by atoms with E-state index in [2.05, 4.69) is 4.98 Å². The van der Waals surface area contributed by atoms with Crippen LogP contribution < -0.4 is 5.69 Å². The molecular weight excluding hydrogens is 234 g/mol. The number of likely N-dealkylation sites (N-methyl/N-ethyl adjacent to an activating group) is 1. The molecule has 0 spiro atoms. The summed E-state index contributed by atoms with van der Waals surface area (Å²) < 4.78 is 1.25. The molecule has 0 fully saturated rings. The van der Waals surface area contributed by atoms with Crippen LogP contribution in [0, 0.1) is 0 Å². The summed E-state index contributed by atoms with van der Waals surface area (Å²) in [5.41, 5.74) is -1.41. The third-order valence-electron chi connectivity index (χ3n) is 2.40. The van der Waals surface area contributed by atoms with Gasteiger partial charge in [0.15, 0.2) is 0 Å². The molecule has 0 aliphatic carbocycles. The summed E-state index contributed by atoms with van der Waals surface area (Å²) in [6.45, 7) is 5.76. The maximum Gasteiger partial charge on any atom is 0.347 e. The molecule has 6 nitrogen and oxygen atoms in total. The maximum atomic E-state index is 12.0. The van der Waals surface area contributed by atoms with Crippen molar-refractivity contribution in [2.24, 2.45) is 0 Å². The number of hydrogen-bond donors (Lipinski definition) is 1. The average molecular weight is 253 g/mol. The van der Waals surface area contributed by atoms with Crippen molar-refractivity contribution < 1.29 is 9.90 Å². The lowest BCUT2D eigenvalue weighted by Crippen LogP contribution is -2.44. The fourth-order valence-corrected chi connectivity index (χ4v) is 1.60. The SMILES string of the molecule is CCN(CC(C)(C)O)C(=O)Cn1cccnc1=O. The number of hydrogen-bond acceptors (Lipinski definition) is 4. The van der Waals surface area contributed by atoms with Gasteiger partial charge in [-0.05, 0) is 26.8 Å². The van der Waals surface area contributed by atoms with Crippen molar-refractivity contribution in [1.82, 2.24) is 14.5 Å². The second kappa shape index (κ2) is 5.77. The van der Waals surface area contributed by atoms with Gasteiger partial charge in [-0.2, -0.15) is 0 Å². The van der Waals surface area contributed by atoms with Crippen LogP contribution in [0.25, 0.3) is 0 Å². The molecule has 100 valence electrons. The quantitative estimate of drug-likeness (QED) is 0.792. The second-order valence-corrected chi connectivity index (χ2v) is 4.75. The van der Waals surface area contributed by atoms with E-state index in [1.165, 1.54) is 21.9 Å². The summed E-state index contributed by atoms with van der Waals surface area (Å²) in [6.07, 6.45) is 2.91. The zero-order valence-electron chi connectivity index (χ0n) is 11.0. The molecular formula is C12H19N3O3. The average Bonchev–Trinajstić information content (AvgIpc) is 2.27. The van der Waals surface area contributed by atoms with Gasteiger partial charge in [-0.1, -0.05) is 0 Å². The first kappa shape index (κ1) is 14.4. The number of rotatable bonds is 5. The van der Waals surface area contributed by atoms with Crippen molar-refractivity contribution in [3.63, 3.8) is 0 Å². The van der Waals surface area contributed by atoms with Gasteiger partial charge in [0.2, 0.25) is 5.91 Å². The summed E-state index contributed by atoms with van der Waals surface area (Å²) in [4.78, 5) is 28.5. The van der Waals surface area contributed by atoms with Crippen LogP contribution in [0.2, 0.25) is 0 Å². The molecule has 0 atom stereocenters. The van der Waals surface area contributed by atoms with E-state index in [9.17, 15) is 14.7 Å². The molecule has 1 aromatic rings. The molecule has 1 amide bonds. The molecule has 1 aromatic heterocycles. The van der Waals surface area contributed by atoms with Gasteiger partial charge in [-0.3, -0.25) is 9.36 Å². The molecule has 0 saturated carbocycles. The lowest BCUT2D eigenvalue weighted by atomic mass is 10.1. The van der Waals surface area contributed by atoms with E-state index in [1.54, 1.807) is 19.9 Å². The number of carbonyl (C=O) groups is 1. The number of aromatic nitrogens is 2. The van der Waals surface area contributed by atoms with Crippen molar-refractivity contribution >= 4 is 5.91 Å². The number of aliphatic hydroxyl groups is 1. The highest BCUT2D eigenvalue weighted by atomic mass is 16.3. The van der Waals surface area contributed by atoms with Crippen molar-refractivity contribution in [3.8, 4) is 0 Å². The van der Waals surface area contributed by atoms with E-state index >= 15 is 0 Å². The van der Waals surface area contributed by atoms with Crippen molar-refractivity contribution in [2.75, 3.05) is 13.1 Å². The van der Waals surface area contributed by atoms with Crippen LogP contribution in [0.1, 0.15) is 20.8 Å². The summed E-state index contributed by atoms with van der Waals surface area (Å²) >= 11 is 0. The first-order valence-electron chi connectivity index (χ1n) is 5.85. The molecule has 0 saturated heterocycles. The normalized spacial score (nSPS) is 11.3. The van der Waals surface area contributed by atoms with Crippen LogP contribution in [0.5, 0.6) is 0 Å². The van der Waals surface area contributed by atoms with E-state index in [-0.39, 0.29) is 19.0 Å². The minimum Gasteiger partial charge on any atom is -0.389 e. The van der Waals surface area contributed by atoms with Gasteiger partial charge in [0.1, 0.15) is 6.54 Å². The Balaban J connectivity index is 2.75. The fraction of sp³-hybridized carbons (Fsp3) is 0.583. The van der Waals surface area contributed by atoms with Crippen LogP contribution in [0.3, 0.4) is 0 Å². The Kier molecular flexibility index (Phi) is 4.61. The minimum absolute atomic E-state index is 0.0589. The Labute approximate surface area is 106 Å². The van der Waals surface area contributed by atoms with Gasteiger partial charge in [-0.25, -0.2) is 9.78 Å². The van der Waals surface area contributed by atoms with Gasteiger partial charge in [0.25, 0.3) is 0 Å². The second-order valence-electron chi connectivity index (χ2n) is 4.75. The molecule has 1 heterocycles. The molecule has 1 rings (SSSR count). The number of nitrogens with zero attached hydrogens (tertiary/aromatic N) is 3. The van der Waals surface area contributed by atoms with Crippen molar-refractivity contribution in [3.05, 3.63) is 28.9 Å². The van der Waals surface area contributed by atoms with E-state index in [4.69, 9.17) is 0 Å². The van der Waals surface area contributed by atoms with E-state index in [0.717, 1.165) is 0 Å². The molecule has 0 radical (unpaired) electrons. The van der Waals surface area contributed by atoms with E-state index in [1.807, 2.05) is 6.92 Å². The van der Waals surface area contributed by atoms with E-state index < -0.39 is 11.3 Å². The first-order chi connectivity index (χ1) is 8.33. The highest BCUT2D eigenvalue weighted by Crippen LogP contribution is 2.05. The summed E-state index contributed by atoms with van der Waals surface area (Å²) in [5, 5.41) is 9.71. The molecule has 0 bridgehead atoms. The predicted molar refractivity (Wildman–Crippen MR) is 67.0 cm³/mol. The molecule has 1 N–H and O–H groups in total. The van der Waals surface area contributed by atoms with Crippen LogP contribution in [-0.4, -0.2) is 44.2 Å².